The maximum absolute atomic E-state index is 10.7. The molecule has 0 saturated carbocycles. The lowest BCUT2D eigenvalue weighted by Crippen LogP contribution is -2.38. The lowest BCUT2D eigenvalue weighted by atomic mass is 10.3. The van der Waals surface area contributed by atoms with Gasteiger partial charge >= 0.3 is 5.97 Å². The summed E-state index contributed by atoms with van der Waals surface area (Å²) in [7, 11) is 1.75. The van der Waals surface area contributed by atoms with Crippen molar-refractivity contribution in [1.29, 1.82) is 0 Å². The Labute approximate surface area is 106 Å². The van der Waals surface area contributed by atoms with Crippen LogP contribution >= 0.6 is 11.6 Å². The summed E-state index contributed by atoms with van der Waals surface area (Å²) in [5, 5.41) is 9.43. The van der Waals surface area contributed by atoms with Crippen LogP contribution in [-0.4, -0.2) is 42.2 Å². The third kappa shape index (κ3) is 4.63. The Hall–Kier alpha value is -1.26. The van der Waals surface area contributed by atoms with E-state index in [0.717, 1.165) is 0 Å². The van der Waals surface area contributed by atoms with Gasteiger partial charge < -0.3 is 9.84 Å². The van der Waals surface area contributed by atoms with Crippen LogP contribution in [0, 0.1) is 0 Å². The molecule has 5 heteroatoms. The van der Waals surface area contributed by atoms with Crippen molar-refractivity contribution >= 4 is 17.6 Å². The van der Waals surface area contributed by atoms with E-state index >= 15 is 0 Å². The minimum atomic E-state index is -0.838. The molecule has 0 saturated heterocycles. The number of rotatable bonds is 6. The molecule has 0 aliphatic carbocycles. The molecule has 0 fully saturated rings. The maximum Gasteiger partial charge on any atom is 0.320 e. The Morgan fingerprint density at radius 2 is 2.29 bits per heavy atom. The molecule has 0 amide bonds. The fraction of sp³-hybridized carbons (Fsp3) is 0.417. The number of carbonyl (C=O) groups is 1. The Morgan fingerprint density at radius 3 is 2.88 bits per heavy atom. The molecule has 0 heterocycles. The molecule has 4 nitrogen and oxygen atoms in total. The molecule has 0 aromatic heterocycles. The Morgan fingerprint density at radius 1 is 1.59 bits per heavy atom. The van der Waals surface area contributed by atoms with Gasteiger partial charge in [0, 0.05) is 11.6 Å². The average Bonchev–Trinajstić information content (AvgIpc) is 2.27. The van der Waals surface area contributed by atoms with E-state index in [-0.39, 0.29) is 0 Å². The zero-order chi connectivity index (χ0) is 12.8. The molecule has 17 heavy (non-hydrogen) atoms. The predicted octanol–water partition coefficient (Wildman–Crippen LogP) is 2.12. The molecule has 1 aromatic carbocycles. The topological polar surface area (TPSA) is 49.8 Å². The summed E-state index contributed by atoms with van der Waals surface area (Å²) in [4.78, 5) is 12.4. The summed E-state index contributed by atoms with van der Waals surface area (Å²) >= 11 is 5.81. The van der Waals surface area contributed by atoms with Crippen molar-refractivity contribution in [2.45, 2.75) is 13.0 Å². The summed E-state index contributed by atoms with van der Waals surface area (Å²) in [5.74, 6) is -0.149. The fourth-order valence-corrected chi connectivity index (χ4v) is 1.43. The molecule has 0 spiro atoms. The molecular weight excluding hydrogens is 242 g/mol. The van der Waals surface area contributed by atoms with Crippen LogP contribution in [0.2, 0.25) is 5.02 Å². The Balaban J connectivity index is 2.35. The largest absolute Gasteiger partial charge is 0.492 e. The van der Waals surface area contributed by atoms with E-state index in [4.69, 9.17) is 21.4 Å². The summed E-state index contributed by atoms with van der Waals surface area (Å²) in [6.07, 6.45) is 0. The number of hydrogen-bond acceptors (Lipinski definition) is 3. The third-order valence-corrected chi connectivity index (χ3v) is 2.76. The Bertz CT molecular complexity index is 384. The molecule has 1 rings (SSSR count). The SMILES string of the molecule is CC(C(=O)O)N(C)CCOc1cccc(Cl)c1. The summed E-state index contributed by atoms with van der Waals surface area (Å²) < 4.78 is 5.47. The number of ether oxygens (including phenoxy) is 1. The van der Waals surface area contributed by atoms with Crippen molar-refractivity contribution in [2.24, 2.45) is 0 Å². The molecule has 94 valence electrons. The highest BCUT2D eigenvalue weighted by Crippen LogP contribution is 2.16. The molecule has 0 aliphatic heterocycles. The van der Waals surface area contributed by atoms with E-state index in [2.05, 4.69) is 0 Å². The first kappa shape index (κ1) is 13.8. The van der Waals surface area contributed by atoms with Crippen LogP contribution in [-0.2, 0) is 4.79 Å². The number of hydrogen-bond donors (Lipinski definition) is 1. The van der Waals surface area contributed by atoms with Crippen molar-refractivity contribution in [2.75, 3.05) is 20.2 Å². The van der Waals surface area contributed by atoms with Gasteiger partial charge in [-0.2, -0.15) is 0 Å². The van der Waals surface area contributed by atoms with Crippen LogP contribution in [0.5, 0.6) is 5.75 Å². The van der Waals surface area contributed by atoms with E-state index in [1.165, 1.54) is 0 Å². The monoisotopic (exact) mass is 257 g/mol. The van der Waals surface area contributed by atoms with Gasteiger partial charge in [0.15, 0.2) is 0 Å². The average molecular weight is 258 g/mol. The van der Waals surface area contributed by atoms with Crippen LogP contribution in [0.4, 0.5) is 0 Å². The van der Waals surface area contributed by atoms with Gasteiger partial charge in [0.1, 0.15) is 18.4 Å². The van der Waals surface area contributed by atoms with E-state index in [0.29, 0.717) is 23.9 Å². The standard InChI is InChI=1S/C12H16ClNO3/c1-9(12(15)16)14(2)6-7-17-11-5-3-4-10(13)8-11/h3-5,8-9H,6-7H2,1-2H3,(H,15,16). The number of halogens is 1. The first-order valence-corrected chi connectivity index (χ1v) is 5.70. The van der Waals surface area contributed by atoms with Crippen molar-refractivity contribution in [3.8, 4) is 5.75 Å². The van der Waals surface area contributed by atoms with Crippen LogP contribution < -0.4 is 4.74 Å². The smallest absolute Gasteiger partial charge is 0.320 e. The molecule has 0 aliphatic rings. The second kappa shape index (κ2) is 6.47. The second-order valence-electron chi connectivity index (χ2n) is 3.80. The first-order valence-electron chi connectivity index (χ1n) is 5.32. The normalized spacial score (nSPS) is 12.5. The molecule has 1 unspecified atom stereocenters. The number of carboxylic acids is 1. The summed E-state index contributed by atoms with van der Waals surface area (Å²) in [6.45, 7) is 2.61. The number of aliphatic carboxylic acids is 1. The van der Waals surface area contributed by atoms with Gasteiger partial charge in [-0.1, -0.05) is 17.7 Å². The van der Waals surface area contributed by atoms with Crippen LogP contribution in [0.3, 0.4) is 0 Å². The number of benzene rings is 1. The van der Waals surface area contributed by atoms with Gasteiger partial charge in [-0.05, 0) is 32.2 Å². The summed E-state index contributed by atoms with van der Waals surface area (Å²) in [6, 6.07) is 6.60. The lowest BCUT2D eigenvalue weighted by molar-refractivity contribution is -0.142. The fourth-order valence-electron chi connectivity index (χ4n) is 1.25. The van der Waals surface area contributed by atoms with Gasteiger partial charge in [0.05, 0.1) is 0 Å². The highest BCUT2D eigenvalue weighted by Gasteiger charge is 2.15. The van der Waals surface area contributed by atoms with Gasteiger partial charge in [-0.15, -0.1) is 0 Å². The number of likely N-dealkylation sites (N-methyl/N-ethyl adjacent to an activating group) is 1. The van der Waals surface area contributed by atoms with Crippen molar-refractivity contribution in [1.82, 2.24) is 4.90 Å². The highest BCUT2D eigenvalue weighted by molar-refractivity contribution is 6.30. The zero-order valence-corrected chi connectivity index (χ0v) is 10.6. The van der Waals surface area contributed by atoms with Crippen molar-refractivity contribution in [3.05, 3.63) is 29.3 Å². The molecule has 0 bridgehead atoms. The number of nitrogens with zero attached hydrogens (tertiary/aromatic N) is 1. The zero-order valence-electron chi connectivity index (χ0n) is 9.89. The van der Waals surface area contributed by atoms with E-state index in [1.54, 1.807) is 37.1 Å². The maximum atomic E-state index is 10.7. The molecule has 1 aromatic rings. The second-order valence-corrected chi connectivity index (χ2v) is 4.24. The van der Waals surface area contributed by atoms with Gasteiger partial charge in [-0.3, -0.25) is 9.69 Å². The van der Waals surface area contributed by atoms with Crippen LogP contribution in [0.15, 0.2) is 24.3 Å². The lowest BCUT2D eigenvalue weighted by Gasteiger charge is -2.20. The molecule has 1 N–H and O–H groups in total. The Kier molecular flexibility index (Phi) is 5.25. The van der Waals surface area contributed by atoms with Gasteiger partial charge in [-0.25, -0.2) is 0 Å². The summed E-state index contributed by atoms with van der Waals surface area (Å²) in [5.41, 5.74) is 0. The van der Waals surface area contributed by atoms with Gasteiger partial charge in [0.25, 0.3) is 0 Å². The van der Waals surface area contributed by atoms with Crippen molar-refractivity contribution in [3.63, 3.8) is 0 Å². The van der Waals surface area contributed by atoms with E-state index in [1.807, 2.05) is 6.07 Å². The minimum Gasteiger partial charge on any atom is -0.492 e. The molecule has 1 atom stereocenters. The minimum absolute atomic E-state index is 0.425. The molecule has 0 radical (unpaired) electrons. The number of carboxylic acid groups (broad SMARTS) is 1. The van der Waals surface area contributed by atoms with Crippen LogP contribution in [0.25, 0.3) is 0 Å². The third-order valence-electron chi connectivity index (χ3n) is 2.53. The van der Waals surface area contributed by atoms with E-state index in [9.17, 15) is 4.79 Å². The van der Waals surface area contributed by atoms with Crippen LogP contribution in [0.1, 0.15) is 6.92 Å². The van der Waals surface area contributed by atoms with E-state index < -0.39 is 12.0 Å². The molecular formula is C12H16ClNO3. The predicted molar refractivity (Wildman–Crippen MR) is 66.7 cm³/mol. The first-order chi connectivity index (χ1) is 8.00. The van der Waals surface area contributed by atoms with Gasteiger partial charge in [0.2, 0.25) is 0 Å². The quantitative estimate of drug-likeness (QED) is 0.848. The van der Waals surface area contributed by atoms with Crippen molar-refractivity contribution < 1.29 is 14.6 Å². The highest BCUT2D eigenvalue weighted by atomic mass is 35.5.